The molecule has 1 aliphatic heterocycles. The van der Waals surface area contributed by atoms with E-state index in [0.29, 0.717) is 18.7 Å². The molecule has 1 heterocycles. The van der Waals surface area contributed by atoms with Gasteiger partial charge in [0.2, 0.25) is 0 Å². The summed E-state index contributed by atoms with van der Waals surface area (Å²) in [7, 11) is 3.13. The molecule has 0 radical (unpaired) electrons. The van der Waals surface area contributed by atoms with Gasteiger partial charge in [0.15, 0.2) is 0 Å². The highest BCUT2D eigenvalue weighted by atomic mass is 16.6. The van der Waals surface area contributed by atoms with E-state index in [-0.39, 0.29) is 23.1 Å². The van der Waals surface area contributed by atoms with Crippen LogP contribution in [0.5, 0.6) is 0 Å². The average molecular weight is 289 g/mol. The first-order valence-corrected chi connectivity index (χ1v) is 6.42. The molecule has 21 heavy (non-hydrogen) atoms. The van der Waals surface area contributed by atoms with Gasteiger partial charge in [-0.25, -0.2) is 4.79 Å². The molecule has 0 amide bonds. The minimum atomic E-state index is -0.625. The van der Waals surface area contributed by atoms with Gasteiger partial charge in [0.25, 0.3) is 5.69 Å². The third kappa shape index (κ3) is 2.85. The van der Waals surface area contributed by atoms with Crippen LogP contribution in [0.25, 0.3) is 0 Å². The fraction of sp³-hybridized carbons (Fsp3) is 0.429. The smallest absolute Gasteiger partial charge is 0.338 e. The zero-order chi connectivity index (χ0) is 15.6. The summed E-state index contributed by atoms with van der Waals surface area (Å²) in [6, 6.07) is 6.36. The Hall–Kier alpha value is -2.46. The summed E-state index contributed by atoms with van der Waals surface area (Å²) in [5, 5.41) is 20.1. The van der Waals surface area contributed by atoms with Gasteiger partial charge >= 0.3 is 5.97 Å². The third-order valence-electron chi connectivity index (χ3n) is 3.72. The summed E-state index contributed by atoms with van der Waals surface area (Å²) >= 11 is 0. The van der Waals surface area contributed by atoms with Crippen molar-refractivity contribution in [1.29, 1.82) is 5.26 Å². The number of methoxy groups -OCH3 is 1. The molecule has 0 N–H and O–H groups in total. The van der Waals surface area contributed by atoms with Crippen molar-refractivity contribution in [2.45, 2.75) is 5.92 Å². The van der Waals surface area contributed by atoms with E-state index in [1.54, 1.807) is 6.07 Å². The van der Waals surface area contributed by atoms with Crippen LogP contribution in [0.1, 0.15) is 21.8 Å². The Morgan fingerprint density at radius 3 is 2.81 bits per heavy atom. The van der Waals surface area contributed by atoms with Crippen molar-refractivity contribution >= 4 is 11.7 Å². The molecule has 110 valence electrons. The van der Waals surface area contributed by atoms with Crippen molar-refractivity contribution < 1.29 is 14.5 Å². The van der Waals surface area contributed by atoms with Crippen molar-refractivity contribution in [3.8, 4) is 6.07 Å². The SMILES string of the molecule is COC(=O)c1cc([N+](=O)[O-])ccc1[C@H]1CN(C)C[C@@H]1C#N. The first-order valence-electron chi connectivity index (χ1n) is 6.42. The van der Waals surface area contributed by atoms with Gasteiger partial charge in [0.1, 0.15) is 0 Å². The number of esters is 1. The molecule has 1 saturated heterocycles. The van der Waals surface area contributed by atoms with Crippen LogP contribution in [0.4, 0.5) is 5.69 Å². The maximum atomic E-state index is 11.9. The van der Waals surface area contributed by atoms with E-state index in [9.17, 15) is 20.2 Å². The number of ether oxygens (including phenoxy) is 1. The second-order valence-electron chi connectivity index (χ2n) is 5.08. The van der Waals surface area contributed by atoms with Gasteiger partial charge in [0.05, 0.1) is 29.6 Å². The number of nitrogens with zero attached hydrogens (tertiary/aromatic N) is 3. The first kappa shape index (κ1) is 14.9. The Labute approximate surface area is 121 Å². The zero-order valence-electron chi connectivity index (χ0n) is 11.8. The standard InChI is InChI=1S/C14H15N3O4/c1-16-7-9(6-15)13(8-16)11-4-3-10(17(19)20)5-12(11)14(18)21-2/h3-5,9,13H,7-8H2,1-2H3/t9-,13-/m0/s1. The maximum absolute atomic E-state index is 11.9. The van der Waals surface area contributed by atoms with Crippen molar-refractivity contribution in [3.05, 3.63) is 39.4 Å². The van der Waals surface area contributed by atoms with Crippen molar-refractivity contribution in [3.63, 3.8) is 0 Å². The molecule has 7 nitrogen and oxygen atoms in total. The molecule has 0 spiro atoms. The number of rotatable bonds is 3. The van der Waals surface area contributed by atoms with Crippen LogP contribution in [0.2, 0.25) is 0 Å². The average Bonchev–Trinajstić information content (AvgIpc) is 2.86. The second-order valence-corrected chi connectivity index (χ2v) is 5.08. The number of likely N-dealkylation sites (N-methyl/N-ethyl adjacent to an activating group) is 1. The number of likely N-dealkylation sites (tertiary alicyclic amines) is 1. The van der Waals surface area contributed by atoms with E-state index >= 15 is 0 Å². The molecule has 2 rings (SSSR count). The summed E-state index contributed by atoms with van der Waals surface area (Å²) in [6.07, 6.45) is 0. The predicted octanol–water partition coefficient (Wildman–Crippen LogP) is 1.55. The quantitative estimate of drug-likeness (QED) is 0.476. The fourth-order valence-electron chi connectivity index (χ4n) is 2.71. The van der Waals surface area contributed by atoms with Crippen LogP contribution in [0.15, 0.2) is 18.2 Å². The molecule has 1 aromatic rings. The van der Waals surface area contributed by atoms with E-state index in [2.05, 4.69) is 6.07 Å². The topological polar surface area (TPSA) is 96.5 Å². The lowest BCUT2D eigenvalue weighted by Crippen LogP contribution is -2.16. The number of nitro benzene ring substituents is 1. The monoisotopic (exact) mass is 289 g/mol. The van der Waals surface area contributed by atoms with E-state index in [1.165, 1.54) is 19.2 Å². The largest absolute Gasteiger partial charge is 0.465 e. The Bertz CT molecular complexity index is 623. The van der Waals surface area contributed by atoms with Crippen molar-refractivity contribution in [2.75, 3.05) is 27.2 Å². The normalized spacial score (nSPS) is 21.8. The molecule has 1 aliphatic rings. The van der Waals surface area contributed by atoms with E-state index in [0.717, 1.165) is 0 Å². The van der Waals surface area contributed by atoms with E-state index in [4.69, 9.17) is 4.74 Å². The van der Waals surface area contributed by atoms with Gasteiger partial charge in [-0.1, -0.05) is 6.07 Å². The minimum absolute atomic E-state index is 0.157. The van der Waals surface area contributed by atoms with Crippen molar-refractivity contribution in [1.82, 2.24) is 4.90 Å². The molecule has 0 unspecified atom stereocenters. The Morgan fingerprint density at radius 2 is 2.24 bits per heavy atom. The molecule has 2 atom stereocenters. The predicted molar refractivity (Wildman–Crippen MR) is 73.8 cm³/mol. The summed E-state index contributed by atoms with van der Waals surface area (Å²) < 4.78 is 4.71. The van der Waals surface area contributed by atoms with Gasteiger partial charge in [-0.15, -0.1) is 0 Å². The van der Waals surface area contributed by atoms with Gasteiger partial charge in [-0.2, -0.15) is 5.26 Å². The highest BCUT2D eigenvalue weighted by Crippen LogP contribution is 2.35. The Morgan fingerprint density at radius 1 is 1.52 bits per heavy atom. The summed E-state index contributed by atoms with van der Waals surface area (Å²) in [5.74, 6) is -1.03. The number of nitro groups is 1. The summed E-state index contributed by atoms with van der Waals surface area (Å²) in [5.41, 5.74) is 0.620. The minimum Gasteiger partial charge on any atom is -0.465 e. The lowest BCUT2D eigenvalue weighted by atomic mass is 9.86. The van der Waals surface area contributed by atoms with E-state index < -0.39 is 10.9 Å². The lowest BCUT2D eigenvalue weighted by Gasteiger charge is -2.16. The van der Waals surface area contributed by atoms with Crippen LogP contribution in [-0.4, -0.2) is 43.0 Å². The number of nitriles is 1. The molecule has 0 saturated carbocycles. The third-order valence-corrected chi connectivity index (χ3v) is 3.72. The molecule has 7 heteroatoms. The molecule has 1 fully saturated rings. The van der Waals surface area contributed by atoms with Gasteiger partial charge in [-0.05, 0) is 12.6 Å². The molecule has 1 aromatic carbocycles. The highest BCUT2D eigenvalue weighted by molar-refractivity contribution is 5.92. The van der Waals surface area contributed by atoms with Crippen LogP contribution in [0.3, 0.4) is 0 Å². The number of non-ortho nitro benzene ring substituents is 1. The molecule has 0 aliphatic carbocycles. The van der Waals surface area contributed by atoms with Gasteiger partial charge in [-0.3, -0.25) is 10.1 Å². The number of hydrogen-bond acceptors (Lipinski definition) is 6. The molecule has 0 bridgehead atoms. The first-order chi connectivity index (χ1) is 9.97. The highest BCUT2D eigenvalue weighted by Gasteiger charge is 2.35. The number of carbonyl (C=O) groups is 1. The fourth-order valence-corrected chi connectivity index (χ4v) is 2.71. The van der Waals surface area contributed by atoms with Gasteiger partial charge in [0, 0.05) is 31.1 Å². The summed E-state index contributed by atoms with van der Waals surface area (Å²) in [6.45, 7) is 1.23. The van der Waals surface area contributed by atoms with E-state index in [1.807, 2.05) is 11.9 Å². The number of hydrogen-bond donors (Lipinski definition) is 0. The lowest BCUT2D eigenvalue weighted by molar-refractivity contribution is -0.384. The van der Waals surface area contributed by atoms with Crippen molar-refractivity contribution in [2.24, 2.45) is 5.92 Å². The second kappa shape index (κ2) is 5.89. The zero-order valence-corrected chi connectivity index (χ0v) is 11.8. The maximum Gasteiger partial charge on any atom is 0.338 e. The Kier molecular flexibility index (Phi) is 4.19. The number of carbonyl (C=O) groups excluding carboxylic acids is 1. The van der Waals surface area contributed by atoms with Gasteiger partial charge < -0.3 is 9.64 Å². The molecular weight excluding hydrogens is 274 g/mol. The van der Waals surface area contributed by atoms with Crippen LogP contribution >= 0.6 is 0 Å². The number of benzene rings is 1. The van der Waals surface area contributed by atoms with Crippen LogP contribution < -0.4 is 0 Å². The molecule has 0 aromatic heterocycles. The van der Waals surface area contributed by atoms with Crippen LogP contribution in [-0.2, 0) is 4.74 Å². The Balaban J connectivity index is 2.50. The molecular formula is C14H15N3O4. The van der Waals surface area contributed by atoms with Crippen LogP contribution in [0, 0.1) is 27.4 Å². The summed E-state index contributed by atoms with van der Waals surface area (Å²) in [4.78, 5) is 24.2.